The minimum atomic E-state index is 0.00137. The van der Waals surface area contributed by atoms with Crippen LogP contribution in [0.5, 0.6) is 0 Å². The highest BCUT2D eigenvalue weighted by molar-refractivity contribution is 9.10. The molecule has 1 amide bonds. The number of nitrogens with zero attached hydrogens (tertiary/aromatic N) is 1. The lowest BCUT2D eigenvalue weighted by Gasteiger charge is -2.34. The van der Waals surface area contributed by atoms with Crippen LogP contribution in [-0.4, -0.2) is 28.2 Å². The summed E-state index contributed by atoms with van der Waals surface area (Å²) in [6.07, 6.45) is 7.87. The molecule has 1 heterocycles. The van der Waals surface area contributed by atoms with Crippen LogP contribution in [-0.2, 0) is 4.79 Å². The summed E-state index contributed by atoms with van der Waals surface area (Å²) >= 11 is 3.37. The van der Waals surface area contributed by atoms with Crippen molar-refractivity contribution in [3.05, 3.63) is 0 Å². The number of rotatable bonds is 2. The number of carbonyl (C=O) groups excluding carboxylic acids is 1. The molecule has 0 aromatic carbocycles. The molecule has 0 aromatic heterocycles. The molecule has 0 radical (unpaired) electrons. The van der Waals surface area contributed by atoms with Crippen LogP contribution in [0.1, 0.15) is 26.2 Å². The Morgan fingerprint density at radius 1 is 1.85 bits per heavy atom. The second-order valence-corrected chi connectivity index (χ2v) is 4.50. The average molecular weight is 244 g/mol. The van der Waals surface area contributed by atoms with Gasteiger partial charge in [0.25, 0.3) is 0 Å². The molecule has 2 atom stereocenters. The summed E-state index contributed by atoms with van der Waals surface area (Å²) in [4.78, 5) is 13.5. The Balaban J connectivity index is 2.58. The standard InChI is InChI=1S/C10H14BrNO/c1-3-5-8(2)12-7-4-6-9(11)10(12)13/h1,8-9H,4-7H2,2H3. The van der Waals surface area contributed by atoms with Crippen molar-refractivity contribution >= 4 is 21.8 Å². The molecule has 2 unspecified atom stereocenters. The molecule has 1 aliphatic rings. The van der Waals surface area contributed by atoms with Crippen LogP contribution in [0.2, 0.25) is 0 Å². The molecule has 0 bridgehead atoms. The van der Waals surface area contributed by atoms with E-state index in [2.05, 4.69) is 21.9 Å². The summed E-state index contributed by atoms with van der Waals surface area (Å²) in [7, 11) is 0. The Kier molecular flexibility index (Phi) is 3.80. The SMILES string of the molecule is C#CCC(C)N1CCCC(Br)C1=O. The highest BCUT2D eigenvalue weighted by Crippen LogP contribution is 2.20. The number of carbonyl (C=O) groups is 1. The van der Waals surface area contributed by atoms with Crippen LogP contribution in [0.4, 0.5) is 0 Å². The van der Waals surface area contributed by atoms with Gasteiger partial charge in [0.05, 0.1) is 4.83 Å². The third kappa shape index (κ3) is 2.47. The zero-order valence-electron chi connectivity index (χ0n) is 7.79. The molecule has 1 rings (SSSR count). The van der Waals surface area contributed by atoms with Crippen LogP contribution in [0.3, 0.4) is 0 Å². The molecular weight excluding hydrogens is 230 g/mol. The number of amides is 1. The molecule has 0 aromatic rings. The van der Waals surface area contributed by atoms with E-state index in [-0.39, 0.29) is 16.8 Å². The predicted molar refractivity (Wildman–Crippen MR) is 56.6 cm³/mol. The van der Waals surface area contributed by atoms with Gasteiger partial charge in [-0.3, -0.25) is 4.79 Å². The van der Waals surface area contributed by atoms with Gasteiger partial charge in [-0.2, -0.15) is 0 Å². The number of alkyl halides is 1. The molecule has 3 heteroatoms. The van der Waals surface area contributed by atoms with Gasteiger partial charge in [-0.05, 0) is 19.8 Å². The van der Waals surface area contributed by atoms with E-state index in [0.717, 1.165) is 19.4 Å². The number of piperidine rings is 1. The Morgan fingerprint density at radius 3 is 3.15 bits per heavy atom. The van der Waals surface area contributed by atoms with E-state index in [4.69, 9.17) is 6.42 Å². The second kappa shape index (κ2) is 4.66. The third-order valence-corrected chi connectivity index (χ3v) is 3.20. The summed E-state index contributed by atoms with van der Waals surface area (Å²) in [6, 6.07) is 0.179. The summed E-state index contributed by atoms with van der Waals surface area (Å²) < 4.78 is 0. The predicted octanol–water partition coefficient (Wildman–Crippen LogP) is 1.78. The average Bonchev–Trinajstić information content (AvgIpc) is 2.10. The first-order valence-electron chi connectivity index (χ1n) is 4.55. The topological polar surface area (TPSA) is 20.3 Å². The molecule has 13 heavy (non-hydrogen) atoms. The second-order valence-electron chi connectivity index (χ2n) is 3.40. The minimum Gasteiger partial charge on any atom is -0.338 e. The van der Waals surface area contributed by atoms with E-state index in [1.54, 1.807) is 0 Å². The molecule has 0 spiro atoms. The summed E-state index contributed by atoms with van der Waals surface area (Å²) in [5, 5.41) is 0. The molecule has 0 N–H and O–H groups in total. The number of halogens is 1. The van der Waals surface area contributed by atoms with Crippen LogP contribution < -0.4 is 0 Å². The maximum absolute atomic E-state index is 11.7. The minimum absolute atomic E-state index is 0.00137. The maximum Gasteiger partial charge on any atom is 0.236 e. The highest BCUT2D eigenvalue weighted by Gasteiger charge is 2.28. The van der Waals surface area contributed by atoms with E-state index in [9.17, 15) is 4.79 Å². The van der Waals surface area contributed by atoms with Gasteiger partial charge in [0.15, 0.2) is 0 Å². The van der Waals surface area contributed by atoms with E-state index in [1.165, 1.54) is 0 Å². The molecule has 0 aliphatic carbocycles. The van der Waals surface area contributed by atoms with E-state index in [0.29, 0.717) is 6.42 Å². The van der Waals surface area contributed by atoms with Gasteiger partial charge in [0, 0.05) is 19.0 Å². The van der Waals surface area contributed by atoms with Gasteiger partial charge in [-0.25, -0.2) is 0 Å². The molecule has 0 saturated carbocycles. The Hall–Kier alpha value is -0.490. The van der Waals surface area contributed by atoms with Gasteiger partial charge in [0.1, 0.15) is 0 Å². The van der Waals surface area contributed by atoms with Crippen molar-refractivity contribution < 1.29 is 4.79 Å². The van der Waals surface area contributed by atoms with Crippen molar-refractivity contribution in [3.8, 4) is 12.3 Å². The number of likely N-dealkylation sites (tertiary alicyclic amines) is 1. The zero-order valence-corrected chi connectivity index (χ0v) is 9.38. The first-order valence-corrected chi connectivity index (χ1v) is 5.46. The monoisotopic (exact) mass is 243 g/mol. The summed E-state index contributed by atoms with van der Waals surface area (Å²) in [5.74, 6) is 2.78. The molecule has 1 saturated heterocycles. The smallest absolute Gasteiger partial charge is 0.236 e. The maximum atomic E-state index is 11.7. The first-order chi connectivity index (χ1) is 6.16. The lowest BCUT2D eigenvalue weighted by molar-refractivity contribution is -0.134. The van der Waals surface area contributed by atoms with Crippen molar-refractivity contribution in [1.82, 2.24) is 4.90 Å². The van der Waals surface area contributed by atoms with Gasteiger partial charge >= 0.3 is 0 Å². The fourth-order valence-electron chi connectivity index (χ4n) is 1.57. The van der Waals surface area contributed by atoms with Gasteiger partial charge in [-0.15, -0.1) is 12.3 Å². The van der Waals surface area contributed by atoms with Gasteiger partial charge in [-0.1, -0.05) is 15.9 Å². The molecule has 2 nitrogen and oxygen atoms in total. The quantitative estimate of drug-likeness (QED) is 0.535. The highest BCUT2D eigenvalue weighted by atomic mass is 79.9. The van der Waals surface area contributed by atoms with Crippen molar-refractivity contribution in [1.29, 1.82) is 0 Å². The summed E-state index contributed by atoms with van der Waals surface area (Å²) in [5.41, 5.74) is 0. The number of hydrogen-bond acceptors (Lipinski definition) is 1. The summed E-state index contributed by atoms with van der Waals surface area (Å²) in [6.45, 7) is 2.85. The number of hydrogen-bond donors (Lipinski definition) is 0. The van der Waals surface area contributed by atoms with Crippen LogP contribution in [0, 0.1) is 12.3 Å². The third-order valence-electron chi connectivity index (χ3n) is 2.35. The lowest BCUT2D eigenvalue weighted by atomic mass is 10.1. The Bertz CT molecular complexity index is 234. The Labute approximate surface area is 87.8 Å². The fourth-order valence-corrected chi connectivity index (χ4v) is 2.16. The van der Waals surface area contributed by atoms with Gasteiger partial charge in [0.2, 0.25) is 5.91 Å². The van der Waals surface area contributed by atoms with Gasteiger partial charge < -0.3 is 4.90 Å². The molecule has 1 fully saturated rings. The zero-order chi connectivity index (χ0) is 9.84. The fraction of sp³-hybridized carbons (Fsp3) is 0.700. The van der Waals surface area contributed by atoms with Crippen molar-refractivity contribution in [2.24, 2.45) is 0 Å². The first kappa shape index (κ1) is 10.6. The number of terminal acetylenes is 1. The normalized spacial score (nSPS) is 25.5. The van der Waals surface area contributed by atoms with Crippen molar-refractivity contribution in [2.75, 3.05) is 6.54 Å². The molecule has 1 aliphatic heterocycles. The van der Waals surface area contributed by atoms with Crippen molar-refractivity contribution in [3.63, 3.8) is 0 Å². The lowest BCUT2D eigenvalue weighted by Crippen LogP contribution is -2.46. The van der Waals surface area contributed by atoms with Crippen molar-refractivity contribution in [2.45, 2.75) is 37.1 Å². The Morgan fingerprint density at radius 2 is 2.54 bits per heavy atom. The van der Waals surface area contributed by atoms with E-state index < -0.39 is 0 Å². The molecular formula is C10H14BrNO. The van der Waals surface area contributed by atoms with Crippen LogP contribution in [0.25, 0.3) is 0 Å². The van der Waals surface area contributed by atoms with Crippen LogP contribution >= 0.6 is 15.9 Å². The van der Waals surface area contributed by atoms with Crippen LogP contribution in [0.15, 0.2) is 0 Å². The van der Waals surface area contributed by atoms with E-state index in [1.807, 2.05) is 11.8 Å². The molecule has 72 valence electrons. The largest absolute Gasteiger partial charge is 0.338 e. The van der Waals surface area contributed by atoms with E-state index >= 15 is 0 Å².